The predicted molar refractivity (Wildman–Crippen MR) is 53.0 cm³/mol. The van der Waals surface area contributed by atoms with Crippen molar-refractivity contribution in [3.8, 4) is 0 Å². The van der Waals surface area contributed by atoms with Gasteiger partial charge in [-0.1, -0.05) is 18.2 Å². The van der Waals surface area contributed by atoms with E-state index < -0.39 is 5.97 Å². The van der Waals surface area contributed by atoms with Crippen LogP contribution < -0.4 is 0 Å². The first-order valence-electron chi connectivity index (χ1n) is 2.29. The molecule has 0 heterocycles. The average Bonchev–Trinajstić information content (AvgIpc) is 1.66. The molecule has 11 heavy (non-hydrogen) atoms. The summed E-state index contributed by atoms with van der Waals surface area (Å²) in [5, 5.41) is 8.02. The second kappa shape index (κ2) is 17.9. The molecule has 0 unspecified atom stereocenters. The number of carbonyl (C=O) groups is 1. The molecule has 0 saturated heterocycles. The summed E-state index contributed by atoms with van der Waals surface area (Å²) in [6.07, 6.45) is 5.98. The van der Waals surface area contributed by atoms with E-state index in [0.717, 1.165) is 6.08 Å². The van der Waals surface area contributed by atoms with Gasteiger partial charge >= 0.3 is 94.6 Å². The zero-order chi connectivity index (χ0) is 6.41. The molecule has 0 aromatic rings. The van der Waals surface area contributed by atoms with Gasteiger partial charge in [0.2, 0.25) is 0 Å². The van der Waals surface area contributed by atoms with E-state index >= 15 is 0 Å². The molecule has 0 aromatic heterocycles. The predicted octanol–water partition coefficient (Wildman–Crippen LogP) is -0.742. The SMILES string of the molecule is C/C=C/C=C/C(=O)O.[NaH].[NaH].[NaH]. The number of carboxylic acid groups (broad SMARTS) is 1. The standard InChI is InChI=1S/C6H8O2.3Na.3H/c1-2-3-4-5-6(7)8;;;;;;/h2-5H,1H3,(H,7,8);;;;;;/b3-2+,5-4+;;;;;;. The molecular weight excluding hydrogens is 173 g/mol. The van der Waals surface area contributed by atoms with Gasteiger partial charge in [-0.3, -0.25) is 0 Å². The third kappa shape index (κ3) is 24.5. The van der Waals surface area contributed by atoms with E-state index in [-0.39, 0.29) is 88.7 Å². The number of carboxylic acids is 1. The number of aliphatic carboxylic acids is 1. The number of hydrogen-bond donors (Lipinski definition) is 1. The Morgan fingerprint density at radius 1 is 1.18 bits per heavy atom. The van der Waals surface area contributed by atoms with Crippen molar-refractivity contribution in [2.75, 3.05) is 0 Å². The Labute approximate surface area is 133 Å². The fourth-order valence-electron chi connectivity index (χ4n) is 0.249. The van der Waals surface area contributed by atoms with E-state index in [1.165, 1.54) is 6.08 Å². The molecule has 2 nitrogen and oxygen atoms in total. The molecule has 0 aliphatic rings. The van der Waals surface area contributed by atoms with Crippen LogP contribution in [0.4, 0.5) is 0 Å². The summed E-state index contributed by atoms with van der Waals surface area (Å²) in [5.41, 5.74) is 0. The van der Waals surface area contributed by atoms with Gasteiger partial charge in [0.15, 0.2) is 0 Å². The Hall–Kier alpha value is 1.95. The summed E-state index contributed by atoms with van der Waals surface area (Å²) in [5.74, 6) is -0.914. The van der Waals surface area contributed by atoms with E-state index in [2.05, 4.69) is 0 Å². The molecule has 0 spiro atoms. The third-order valence-electron chi connectivity index (χ3n) is 0.542. The van der Waals surface area contributed by atoms with Crippen molar-refractivity contribution in [2.45, 2.75) is 6.92 Å². The Morgan fingerprint density at radius 3 is 1.91 bits per heavy atom. The quantitative estimate of drug-likeness (QED) is 0.348. The summed E-state index contributed by atoms with van der Waals surface area (Å²) in [4.78, 5) is 9.75. The van der Waals surface area contributed by atoms with Crippen LogP contribution in [0.15, 0.2) is 24.3 Å². The maximum absolute atomic E-state index is 9.75. The minimum atomic E-state index is -0.914. The van der Waals surface area contributed by atoms with E-state index in [1.807, 2.05) is 6.92 Å². The summed E-state index contributed by atoms with van der Waals surface area (Å²) >= 11 is 0. The van der Waals surface area contributed by atoms with Crippen LogP contribution in [0.1, 0.15) is 6.92 Å². The van der Waals surface area contributed by atoms with Gasteiger partial charge in [0.05, 0.1) is 0 Å². The van der Waals surface area contributed by atoms with Crippen molar-refractivity contribution < 1.29 is 9.90 Å². The van der Waals surface area contributed by atoms with Crippen LogP contribution in [-0.2, 0) is 4.79 Å². The molecule has 0 radical (unpaired) electrons. The molecule has 0 amide bonds. The van der Waals surface area contributed by atoms with Gasteiger partial charge in [0, 0.05) is 6.08 Å². The number of hydrogen-bond acceptors (Lipinski definition) is 1. The molecule has 0 aliphatic heterocycles. The van der Waals surface area contributed by atoms with Crippen molar-refractivity contribution in [3.63, 3.8) is 0 Å². The Balaban J connectivity index is -0.0000000817. The van der Waals surface area contributed by atoms with E-state index in [0.29, 0.717) is 0 Å². The zero-order valence-corrected chi connectivity index (χ0v) is 4.66. The first kappa shape index (κ1) is 23.1. The number of allylic oxidation sites excluding steroid dienone is 3. The molecule has 50 valence electrons. The van der Waals surface area contributed by atoms with E-state index in [1.54, 1.807) is 12.2 Å². The van der Waals surface area contributed by atoms with Gasteiger partial charge in [-0.2, -0.15) is 0 Å². The molecule has 0 aromatic carbocycles. The summed E-state index contributed by atoms with van der Waals surface area (Å²) in [7, 11) is 0. The minimum absolute atomic E-state index is 0. The molecular formula is C6H11Na3O2. The van der Waals surface area contributed by atoms with E-state index in [9.17, 15) is 4.79 Å². The van der Waals surface area contributed by atoms with Crippen LogP contribution in [0.5, 0.6) is 0 Å². The molecule has 5 heteroatoms. The van der Waals surface area contributed by atoms with E-state index in [4.69, 9.17) is 5.11 Å². The Bertz CT molecular complexity index is 132. The van der Waals surface area contributed by atoms with Gasteiger partial charge < -0.3 is 5.11 Å². The van der Waals surface area contributed by atoms with Crippen LogP contribution in [-0.4, -0.2) is 99.7 Å². The molecule has 0 atom stereocenters. The first-order valence-corrected chi connectivity index (χ1v) is 2.29. The molecule has 0 saturated carbocycles. The maximum atomic E-state index is 9.75. The second-order valence-electron chi connectivity index (χ2n) is 1.22. The first-order chi connectivity index (χ1) is 3.77. The van der Waals surface area contributed by atoms with Crippen LogP contribution >= 0.6 is 0 Å². The van der Waals surface area contributed by atoms with Crippen LogP contribution in [0, 0.1) is 0 Å². The second-order valence-corrected chi connectivity index (χ2v) is 1.22. The average molecular weight is 184 g/mol. The van der Waals surface area contributed by atoms with Gasteiger partial charge in [-0.25, -0.2) is 4.79 Å². The van der Waals surface area contributed by atoms with Gasteiger partial charge in [0.1, 0.15) is 0 Å². The van der Waals surface area contributed by atoms with Crippen LogP contribution in [0.2, 0.25) is 0 Å². The summed E-state index contributed by atoms with van der Waals surface area (Å²) in [6.45, 7) is 1.83. The van der Waals surface area contributed by atoms with Crippen molar-refractivity contribution in [2.24, 2.45) is 0 Å². The van der Waals surface area contributed by atoms with Crippen molar-refractivity contribution >= 4 is 94.6 Å². The molecule has 0 bridgehead atoms. The molecule has 0 aliphatic carbocycles. The molecule has 0 rings (SSSR count). The van der Waals surface area contributed by atoms with Crippen LogP contribution in [0.25, 0.3) is 0 Å². The summed E-state index contributed by atoms with van der Waals surface area (Å²) < 4.78 is 0. The molecule has 0 fully saturated rings. The third-order valence-corrected chi connectivity index (χ3v) is 0.542. The van der Waals surface area contributed by atoms with Crippen molar-refractivity contribution in [3.05, 3.63) is 24.3 Å². The van der Waals surface area contributed by atoms with Gasteiger partial charge in [-0.15, -0.1) is 0 Å². The fraction of sp³-hybridized carbons (Fsp3) is 0.167. The van der Waals surface area contributed by atoms with Gasteiger partial charge in [-0.05, 0) is 6.92 Å². The number of rotatable bonds is 2. The normalized spacial score (nSPS) is 8.09. The summed E-state index contributed by atoms with van der Waals surface area (Å²) in [6, 6.07) is 0. The topological polar surface area (TPSA) is 37.3 Å². The monoisotopic (exact) mass is 184 g/mol. The zero-order valence-electron chi connectivity index (χ0n) is 4.66. The fourth-order valence-corrected chi connectivity index (χ4v) is 0.249. The van der Waals surface area contributed by atoms with Crippen molar-refractivity contribution in [1.82, 2.24) is 0 Å². The molecule has 1 N–H and O–H groups in total. The van der Waals surface area contributed by atoms with Crippen molar-refractivity contribution in [1.29, 1.82) is 0 Å². The Morgan fingerprint density at radius 2 is 1.64 bits per heavy atom. The van der Waals surface area contributed by atoms with Crippen LogP contribution in [0.3, 0.4) is 0 Å². The van der Waals surface area contributed by atoms with Gasteiger partial charge in [0.25, 0.3) is 0 Å². The Kier molecular flexibility index (Phi) is 37.5.